The minimum absolute atomic E-state index is 0.149. The summed E-state index contributed by atoms with van der Waals surface area (Å²) in [6, 6.07) is 7.45. The molecule has 0 aromatic heterocycles. The van der Waals surface area contributed by atoms with E-state index in [9.17, 15) is 4.79 Å². The fourth-order valence-corrected chi connectivity index (χ4v) is 2.84. The molecule has 1 radical (unpaired) electrons. The van der Waals surface area contributed by atoms with Gasteiger partial charge in [-0.15, -0.1) is 0 Å². The van der Waals surface area contributed by atoms with Crippen LogP contribution in [0.15, 0.2) is 35.9 Å². The molecule has 1 nitrogen and oxygen atoms in total. The van der Waals surface area contributed by atoms with Crippen molar-refractivity contribution in [2.24, 2.45) is 0 Å². The van der Waals surface area contributed by atoms with E-state index >= 15 is 0 Å². The zero-order valence-electron chi connectivity index (χ0n) is 13.8. The second-order valence-corrected chi connectivity index (χ2v) is 6.97. The smallest absolute Gasteiger partial charge is 0.167 e. The highest BCUT2D eigenvalue weighted by molar-refractivity contribution is 7.80. The maximum absolute atomic E-state index is 12.7. The number of benzene rings is 1. The Morgan fingerprint density at radius 3 is 2.55 bits per heavy atom. The zero-order chi connectivity index (χ0) is 16.3. The molecule has 1 aromatic carbocycles. The van der Waals surface area contributed by atoms with Gasteiger partial charge in [0.1, 0.15) is 0 Å². The van der Waals surface area contributed by atoms with E-state index < -0.39 is 0 Å². The SMILES string of the molecule is CC(C)c1[c]c(C(C)C)c(C(=O)CC2=CC(=S)CC=C2)cc1. The van der Waals surface area contributed by atoms with Gasteiger partial charge in [-0.25, -0.2) is 0 Å². The fourth-order valence-electron chi connectivity index (χ4n) is 2.59. The maximum Gasteiger partial charge on any atom is 0.167 e. The zero-order valence-corrected chi connectivity index (χ0v) is 14.6. The predicted octanol–water partition coefficient (Wildman–Crippen LogP) is 5.56. The highest BCUT2D eigenvalue weighted by Crippen LogP contribution is 2.26. The molecule has 1 aliphatic rings. The highest BCUT2D eigenvalue weighted by atomic mass is 32.1. The quantitative estimate of drug-likeness (QED) is 0.523. The predicted molar refractivity (Wildman–Crippen MR) is 96.8 cm³/mol. The van der Waals surface area contributed by atoms with Gasteiger partial charge in [-0.1, -0.05) is 64.2 Å². The molecule has 0 heterocycles. The normalized spacial score (nSPS) is 14.6. The number of thiocarbonyl (C=S) groups is 1. The summed E-state index contributed by atoms with van der Waals surface area (Å²) in [7, 11) is 0. The third-order valence-electron chi connectivity index (χ3n) is 3.86. The van der Waals surface area contributed by atoms with E-state index in [1.807, 2.05) is 30.4 Å². The second-order valence-electron chi connectivity index (χ2n) is 6.44. The Kier molecular flexibility index (Phi) is 5.47. The van der Waals surface area contributed by atoms with Gasteiger partial charge in [0.15, 0.2) is 5.78 Å². The Morgan fingerprint density at radius 2 is 1.95 bits per heavy atom. The molecule has 2 heteroatoms. The first kappa shape index (κ1) is 16.8. The van der Waals surface area contributed by atoms with E-state index in [1.54, 1.807) is 0 Å². The van der Waals surface area contributed by atoms with E-state index in [4.69, 9.17) is 12.2 Å². The van der Waals surface area contributed by atoms with Gasteiger partial charge in [-0.2, -0.15) is 0 Å². The summed E-state index contributed by atoms with van der Waals surface area (Å²) in [5, 5.41) is 0. The molecule has 0 amide bonds. The van der Waals surface area contributed by atoms with Crippen molar-refractivity contribution in [2.45, 2.75) is 52.4 Å². The molecule has 0 N–H and O–H groups in total. The van der Waals surface area contributed by atoms with Crippen LogP contribution in [0.4, 0.5) is 0 Å². The van der Waals surface area contributed by atoms with Crippen molar-refractivity contribution in [1.29, 1.82) is 0 Å². The molecule has 0 saturated carbocycles. The molecule has 1 aromatic rings. The molecule has 0 saturated heterocycles. The summed E-state index contributed by atoms with van der Waals surface area (Å²) in [5.74, 6) is 0.855. The van der Waals surface area contributed by atoms with Crippen molar-refractivity contribution < 1.29 is 4.79 Å². The Bertz CT molecular complexity index is 648. The molecule has 2 rings (SSSR count). The lowest BCUT2D eigenvalue weighted by atomic mass is 9.88. The summed E-state index contributed by atoms with van der Waals surface area (Å²) in [6.07, 6.45) is 7.21. The molecule has 0 aliphatic heterocycles. The lowest BCUT2D eigenvalue weighted by Crippen LogP contribution is -2.09. The number of carbonyl (C=O) groups excluding carboxylic acids is 1. The van der Waals surface area contributed by atoms with Gasteiger partial charge in [-0.05, 0) is 40.7 Å². The molecule has 0 unspecified atom stereocenters. The topological polar surface area (TPSA) is 17.1 Å². The number of carbonyl (C=O) groups is 1. The van der Waals surface area contributed by atoms with Crippen LogP contribution in [0.25, 0.3) is 0 Å². The fraction of sp³-hybridized carbons (Fsp3) is 0.400. The second kappa shape index (κ2) is 7.15. The summed E-state index contributed by atoms with van der Waals surface area (Å²) >= 11 is 5.22. The monoisotopic (exact) mass is 311 g/mol. The van der Waals surface area contributed by atoms with Crippen LogP contribution in [-0.2, 0) is 0 Å². The van der Waals surface area contributed by atoms with E-state index in [1.165, 1.54) is 5.56 Å². The van der Waals surface area contributed by atoms with Gasteiger partial charge in [0.2, 0.25) is 0 Å². The van der Waals surface area contributed by atoms with Crippen LogP contribution in [-0.4, -0.2) is 10.6 Å². The summed E-state index contributed by atoms with van der Waals surface area (Å²) in [5.41, 5.74) is 3.99. The molecule has 0 spiro atoms. The van der Waals surface area contributed by atoms with Gasteiger partial charge >= 0.3 is 0 Å². The van der Waals surface area contributed by atoms with E-state index in [2.05, 4.69) is 33.8 Å². The third kappa shape index (κ3) is 4.01. The van der Waals surface area contributed by atoms with Crippen LogP contribution in [0.5, 0.6) is 0 Å². The van der Waals surface area contributed by atoms with Crippen molar-refractivity contribution in [2.75, 3.05) is 0 Å². The largest absolute Gasteiger partial charge is 0.294 e. The summed E-state index contributed by atoms with van der Waals surface area (Å²) in [6.45, 7) is 8.52. The first-order valence-electron chi connectivity index (χ1n) is 7.87. The number of Topliss-reactive ketones (excluding diaryl/α,β-unsaturated/α-hetero) is 1. The van der Waals surface area contributed by atoms with Gasteiger partial charge in [-0.3, -0.25) is 4.79 Å². The van der Waals surface area contributed by atoms with Crippen molar-refractivity contribution >= 4 is 22.9 Å². The average Bonchev–Trinajstić information content (AvgIpc) is 2.46. The van der Waals surface area contributed by atoms with Gasteiger partial charge in [0.05, 0.1) is 0 Å². The van der Waals surface area contributed by atoms with Crippen LogP contribution in [0.1, 0.15) is 73.9 Å². The van der Waals surface area contributed by atoms with Crippen LogP contribution in [0.3, 0.4) is 0 Å². The van der Waals surface area contributed by atoms with Gasteiger partial charge in [0.25, 0.3) is 0 Å². The van der Waals surface area contributed by atoms with Crippen molar-refractivity contribution in [3.8, 4) is 0 Å². The van der Waals surface area contributed by atoms with Gasteiger partial charge < -0.3 is 0 Å². The highest BCUT2D eigenvalue weighted by Gasteiger charge is 2.17. The molecule has 0 fully saturated rings. The minimum Gasteiger partial charge on any atom is -0.294 e. The number of ketones is 1. The van der Waals surface area contributed by atoms with E-state index in [-0.39, 0.29) is 11.7 Å². The van der Waals surface area contributed by atoms with Crippen molar-refractivity contribution in [3.63, 3.8) is 0 Å². The van der Waals surface area contributed by atoms with Crippen LogP contribution >= 0.6 is 12.2 Å². The molecule has 1 aliphatic carbocycles. The molecular formula is C20H23OS. The Hall–Kier alpha value is -1.54. The Balaban J connectivity index is 2.29. The average molecular weight is 311 g/mol. The Morgan fingerprint density at radius 1 is 1.23 bits per heavy atom. The third-order valence-corrected chi connectivity index (χ3v) is 4.15. The van der Waals surface area contributed by atoms with Crippen molar-refractivity contribution in [1.82, 2.24) is 0 Å². The summed E-state index contributed by atoms with van der Waals surface area (Å²) < 4.78 is 0. The first-order valence-corrected chi connectivity index (χ1v) is 8.28. The maximum atomic E-state index is 12.7. The molecular weight excluding hydrogens is 288 g/mol. The number of hydrogen-bond acceptors (Lipinski definition) is 2. The number of hydrogen-bond donors (Lipinski definition) is 0. The Labute approximate surface area is 139 Å². The standard InChI is InChI=1S/C20H23OS/c1-13(2)16-8-9-18(19(12-16)14(3)4)20(21)11-15-6-5-7-17(22)10-15/h5-6,8-10,13-14H,7,11H2,1-4H3. The van der Waals surface area contributed by atoms with Crippen LogP contribution in [0, 0.1) is 6.07 Å². The van der Waals surface area contributed by atoms with Crippen LogP contribution < -0.4 is 0 Å². The lowest BCUT2D eigenvalue weighted by molar-refractivity contribution is 0.0992. The summed E-state index contributed by atoms with van der Waals surface area (Å²) in [4.78, 5) is 13.6. The number of rotatable bonds is 5. The minimum atomic E-state index is 0.149. The number of allylic oxidation sites excluding steroid dienone is 4. The first-order chi connectivity index (χ1) is 10.4. The lowest BCUT2D eigenvalue weighted by Gasteiger charge is -2.16. The molecule has 22 heavy (non-hydrogen) atoms. The molecule has 0 atom stereocenters. The molecule has 115 valence electrons. The van der Waals surface area contributed by atoms with Gasteiger partial charge in [0, 0.05) is 23.3 Å². The van der Waals surface area contributed by atoms with Crippen molar-refractivity contribution in [3.05, 3.63) is 58.7 Å². The molecule has 0 bridgehead atoms. The van der Waals surface area contributed by atoms with E-state index in [0.29, 0.717) is 12.3 Å². The van der Waals surface area contributed by atoms with E-state index in [0.717, 1.165) is 28.0 Å². The van der Waals surface area contributed by atoms with Crippen LogP contribution in [0.2, 0.25) is 0 Å².